The number of nitrogens with zero attached hydrogens (tertiary/aromatic N) is 3. The van der Waals surface area contributed by atoms with E-state index in [9.17, 15) is 0 Å². The summed E-state index contributed by atoms with van der Waals surface area (Å²) in [6.07, 6.45) is 7.98. The largest absolute Gasteiger partial charge is 0.478 e. The van der Waals surface area contributed by atoms with E-state index < -0.39 is 0 Å². The van der Waals surface area contributed by atoms with Crippen molar-refractivity contribution in [2.75, 3.05) is 6.61 Å². The molecule has 0 N–H and O–H groups in total. The highest BCUT2D eigenvalue weighted by molar-refractivity contribution is 9.10. The van der Waals surface area contributed by atoms with Gasteiger partial charge in [-0.1, -0.05) is 0 Å². The monoisotopic (exact) mass is 333 g/mol. The van der Waals surface area contributed by atoms with Crippen LogP contribution in [0.1, 0.15) is 36.6 Å². The van der Waals surface area contributed by atoms with E-state index >= 15 is 0 Å². The average Bonchev–Trinajstić information content (AvgIpc) is 3.29. The third-order valence-corrected chi connectivity index (χ3v) is 3.65. The Balaban J connectivity index is 1.51. The molecule has 1 fully saturated rings. The van der Waals surface area contributed by atoms with Crippen LogP contribution in [-0.2, 0) is 6.42 Å². The maximum absolute atomic E-state index is 5.73. The van der Waals surface area contributed by atoms with Gasteiger partial charge < -0.3 is 4.74 Å². The molecule has 0 atom stereocenters. The van der Waals surface area contributed by atoms with Crippen LogP contribution in [-0.4, -0.2) is 21.6 Å². The van der Waals surface area contributed by atoms with E-state index in [1.54, 1.807) is 0 Å². The summed E-state index contributed by atoms with van der Waals surface area (Å²) in [5.74, 6) is 2.11. The Morgan fingerprint density at radius 2 is 2.00 bits per heavy atom. The molecule has 0 unspecified atom stereocenters. The zero-order chi connectivity index (χ0) is 13.8. The third-order valence-electron chi connectivity index (χ3n) is 3.24. The van der Waals surface area contributed by atoms with E-state index in [4.69, 9.17) is 4.74 Å². The van der Waals surface area contributed by atoms with Gasteiger partial charge in [-0.15, -0.1) is 0 Å². The Labute approximate surface area is 126 Å². The summed E-state index contributed by atoms with van der Waals surface area (Å²) in [5, 5.41) is 0. The number of pyridine rings is 1. The van der Waals surface area contributed by atoms with Crippen LogP contribution in [0.2, 0.25) is 0 Å². The van der Waals surface area contributed by atoms with Crippen LogP contribution in [0.5, 0.6) is 5.88 Å². The fourth-order valence-electron chi connectivity index (χ4n) is 2.01. The van der Waals surface area contributed by atoms with E-state index in [2.05, 4.69) is 30.9 Å². The molecule has 0 radical (unpaired) electrons. The maximum Gasteiger partial charge on any atom is 0.217 e. The fourth-order valence-corrected chi connectivity index (χ4v) is 2.39. The van der Waals surface area contributed by atoms with Gasteiger partial charge in [-0.2, -0.15) is 4.98 Å². The summed E-state index contributed by atoms with van der Waals surface area (Å²) in [4.78, 5) is 12.9. The van der Waals surface area contributed by atoms with E-state index in [1.165, 1.54) is 18.4 Å². The number of halogens is 1. The van der Waals surface area contributed by atoms with Crippen molar-refractivity contribution in [2.24, 2.45) is 0 Å². The second kappa shape index (κ2) is 6.31. The topological polar surface area (TPSA) is 47.9 Å². The van der Waals surface area contributed by atoms with Crippen LogP contribution in [0, 0.1) is 0 Å². The van der Waals surface area contributed by atoms with E-state index in [-0.39, 0.29) is 0 Å². The lowest BCUT2D eigenvalue weighted by Gasteiger charge is -2.07. The number of ether oxygens (including phenoxy) is 1. The Bertz CT molecular complexity index is 573. The van der Waals surface area contributed by atoms with Gasteiger partial charge in [-0.3, -0.25) is 4.98 Å². The molecular formula is C15H16BrN3O. The maximum atomic E-state index is 5.73. The van der Waals surface area contributed by atoms with Crippen molar-refractivity contribution in [2.45, 2.75) is 31.6 Å². The predicted octanol–water partition coefficient (Wildman–Crippen LogP) is 3.52. The molecule has 0 saturated heterocycles. The van der Waals surface area contributed by atoms with Gasteiger partial charge >= 0.3 is 0 Å². The zero-order valence-electron chi connectivity index (χ0n) is 11.1. The molecule has 1 aliphatic rings. The van der Waals surface area contributed by atoms with E-state index in [0.29, 0.717) is 18.4 Å². The molecule has 3 rings (SSSR count). The lowest BCUT2D eigenvalue weighted by atomic mass is 10.1. The minimum atomic E-state index is 0.534. The molecule has 0 aliphatic heterocycles. The molecule has 2 aromatic heterocycles. The van der Waals surface area contributed by atoms with E-state index in [0.717, 1.165) is 23.3 Å². The normalized spacial score (nSPS) is 14.2. The first-order valence-corrected chi connectivity index (χ1v) is 7.67. The second-order valence-electron chi connectivity index (χ2n) is 4.97. The summed E-state index contributed by atoms with van der Waals surface area (Å²) in [6, 6.07) is 5.90. The van der Waals surface area contributed by atoms with Crippen LogP contribution in [0.4, 0.5) is 0 Å². The Morgan fingerprint density at radius 3 is 2.75 bits per heavy atom. The van der Waals surface area contributed by atoms with Gasteiger partial charge in [0.25, 0.3) is 0 Å². The van der Waals surface area contributed by atoms with Gasteiger partial charge in [0.1, 0.15) is 10.4 Å². The molecule has 5 heteroatoms. The summed E-state index contributed by atoms with van der Waals surface area (Å²) in [5.41, 5.74) is 1.28. The van der Waals surface area contributed by atoms with Crippen LogP contribution in [0.15, 0.2) is 35.2 Å². The van der Waals surface area contributed by atoms with Crippen molar-refractivity contribution in [3.8, 4) is 5.88 Å². The van der Waals surface area contributed by atoms with Gasteiger partial charge in [0.2, 0.25) is 5.88 Å². The van der Waals surface area contributed by atoms with Gasteiger partial charge in [0.15, 0.2) is 0 Å². The second-order valence-corrected chi connectivity index (χ2v) is 5.78. The first-order valence-electron chi connectivity index (χ1n) is 6.87. The first-order chi connectivity index (χ1) is 9.81. The number of aromatic nitrogens is 3. The van der Waals surface area contributed by atoms with Crippen LogP contribution >= 0.6 is 15.9 Å². The van der Waals surface area contributed by atoms with Crippen molar-refractivity contribution >= 4 is 15.9 Å². The highest BCUT2D eigenvalue weighted by Gasteiger charge is 2.27. The third kappa shape index (κ3) is 3.76. The number of aryl methyl sites for hydroxylation is 1. The molecule has 0 bridgehead atoms. The van der Waals surface area contributed by atoms with Crippen LogP contribution in [0.25, 0.3) is 0 Å². The minimum absolute atomic E-state index is 0.534. The average molecular weight is 334 g/mol. The molecule has 1 saturated carbocycles. The molecule has 2 heterocycles. The summed E-state index contributed by atoms with van der Waals surface area (Å²) >= 11 is 3.42. The predicted molar refractivity (Wildman–Crippen MR) is 79.8 cm³/mol. The van der Waals surface area contributed by atoms with Gasteiger partial charge in [-0.25, -0.2) is 4.98 Å². The SMILES string of the molecule is Brc1cc(OCCCc2ccncc2)nc(C2CC2)n1. The number of rotatable bonds is 6. The number of hydrogen-bond donors (Lipinski definition) is 0. The standard InChI is InChI=1S/C15H16BrN3O/c16-13-10-14(19-15(18-13)12-3-4-12)20-9-1-2-11-5-7-17-8-6-11/h5-8,10,12H,1-4,9H2. The molecule has 1 aliphatic carbocycles. The van der Waals surface area contributed by atoms with Crippen molar-refractivity contribution in [3.05, 3.63) is 46.6 Å². The summed E-state index contributed by atoms with van der Waals surface area (Å²) < 4.78 is 6.53. The van der Waals surface area contributed by atoms with Crippen molar-refractivity contribution < 1.29 is 4.74 Å². The number of hydrogen-bond acceptors (Lipinski definition) is 4. The van der Waals surface area contributed by atoms with E-state index in [1.807, 2.05) is 30.6 Å². The first kappa shape index (κ1) is 13.5. The van der Waals surface area contributed by atoms with Gasteiger partial charge in [0.05, 0.1) is 6.61 Å². The molecule has 0 spiro atoms. The van der Waals surface area contributed by atoms with Crippen LogP contribution < -0.4 is 4.74 Å². The highest BCUT2D eigenvalue weighted by Crippen LogP contribution is 2.39. The van der Waals surface area contributed by atoms with Crippen molar-refractivity contribution in [1.82, 2.24) is 15.0 Å². The Kier molecular flexibility index (Phi) is 4.25. The summed E-state index contributed by atoms with van der Waals surface area (Å²) in [6.45, 7) is 0.663. The van der Waals surface area contributed by atoms with Crippen molar-refractivity contribution in [3.63, 3.8) is 0 Å². The molecule has 0 amide bonds. The zero-order valence-corrected chi connectivity index (χ0v) is 12.7. The molecule has 0 aromatic carbocycles. The van der Waals surface area contributed by atoms with Gasteiger partial charge in [0, 0.05) is 24.4 Å². The van der Waals surface area contributed by atoms with Crippen LogP contribution in [0.3, 0.4) is 0 Å². The Hall–Kier alpha value is -1.49. The molecule has 20 heavy (non-hydrogen) atoms. The lowest BCUT2D eigenvalue weighted by molar-refractivity contribution is 0.297. The fraction of sp³-hybridized carbons (Fsp3) is 0.400. The highest BCUT2D eigenvalue weighted by atomic mass is 79.9. The molecule has 4 nitrogen and oxygen atoms in total. The lowest BCUT2D eigenvalue weighted by Crippen LogP contribution is -2.03. The van der Waals surface area contributed by atoms with Gasteiger partial charge in [-0.05, 0) is 59.3 Å². The molecular weight excluding hydrogens is 318 g/mol. The molecule has 104 valence electrons. The quantitative estimate of drug-likeness (QED) is 0.599. The molecule has 2 aromatic rings. The minimum Gasteiger partial charge on any atom is -0.478 e. The smallest absolute Gasteiger partial charge is 0.217 e. The Morgan fingerprint density at radius 1 is 1.20 bits per heavy atom. The summed E-state index contributed by atoms with van der Waals surface area (Å²) in [7, 11) is 0. The van der Waals surface area contributed by atoms with Crippen molar-refractivity contribution in [1.29, 1.82) is 0 Å².